The molecule has 2 aliphatic rings. The summed E-state index contributed by atoms with van der Waals surface area (Å²) < 4.78 is 0. The van der Waals surface area contributed by atoms with Gasteiger partial charge in [-0.3, -0.25) is 9.59 Å². The van der Waals surface area contributed by atoms with E-state index >= 15 is 0 Å². The maximum Gasteiger partial charge on any atom is 0.257 e. The highest BCUT2D eigenvalue weighted by Crippen LogP contribution is 2.39. The molecule has 0 unspecified atom stereocenters. The first kappa shape index (κ1) is 16.8. The summed E-state index contributed by atoms with van der Waals surface area (Å²) in [5.74, 6) is 0.0724. The molecular weight excluding hydrogens is 308 g/mol. The molecule has 0 saturated carbocycles. The molecule has 24 heavy (non-hydrogen) atoms. The minimum atomic E-state index is -0.0550. The number of carbonyl (C=O) groups is 2. The highest BCUT2D eigenvalue weighted by atomic mass is 16.3. The van der Waals surface area contributed by atoms with Gasteiger partial charge in [0.2, 0.25) is 5.91 Å². The zero-order valence-corrected chi connectivity index (χ0v) is 14.1. The van der Waals surface area contributed by atoms with Crippen LogP contribution in [0.15, 0.2) is 12.5 Å². The van der Waals surface area contributed by atoms with E-state index in [-0.39, 0.29) is 23.8 Å². The van der Waals surface area contributed by atoms with Gasteiger partial charge in [-0.15, -0.1) is 0 Å². The van der Waals surface area contributed by atoms with Gasteiger partial charge in [-0.05, 0) is 26.2 Å². The van der Waals surface area contributed by atoms with Crippen molar-refractivity contribution in [1.29, 1.82) is 0 Å². The smallest absolute Gasteiger partial charge is 0.257 e. The lowest BCUT2D eigenvalue weighted by atomic mass is 9.73. The highest BCUT2D eigenvalue weighted by Gasteiger charge is 2.42. The normalized spacial score (nSPS) is 24.5. The number of β-amino-alcohol motifs (C(OH)–C–C–N with tert-alkyl or cyclic N) is 1. The Hall–Kier alpha value is -2.02. The Bertz CT molecular complexity index is 636. The predicted octanol–water partition coefficient (Wildman–Crippen LogP) is 0.622. The zero-order valence-electron chi connectivity index (χ0n) is 14.1. The summed E-state index contributed by atoms with van der Waals surface area (Å²) in [5, 5.41) is 9.17. The molecule has 7 heteroatoms. The third-order valence-electron chi connectivity index (χ3n) is 5.21. The molecule has 1 N–H and O–H groups in total. The van der Waals surface area contributed by atoms with Crippen LogP contribution in [-0.4, -0.2) is 69.5 Å². The maximum absolute atomic E-state index is 12.8. The van der Waals surface area contributed by atoms with Gasteiger partial charge in [-0.25, -0.2) is 9.97 Å². The predicted molar refractivity (Wildman–Crippen MR) is 87.2 cm³/mol. The van der Waals surface area contributed by atoms with Crippen LogP contribution in [0.4, 0.5) is 0 Å². The van der Waals surface area contributed by atoms with Crippen molar-refractivity contribution in [3.05, 3.63) is 23.8 Å². The summed E-state index contributed by atoms with van der Waals surface area (Å²) >= 11 is 0. The molecule has 1 atom stereocenters. The largest absolute Gasteiger partial charge is 0.395 e. The standard InChI is InChI=1S/C17H24N4O3/c1-13-14(9-18-12-19-13)16(24)21-6-2-4-17(11-21)5-3-15(23)20(10-17)7-8-22/h9,12,22H,2-8,10-11H2,1H3/t17-/m0/s1. The van der Waals surface area contributed by atoms with Crippen molar-refractivity contribution in [2.24, 2.45) is 5.41 Å². The van der Waals surface area contributed by atoms with E-state index in [0.717, 1.165) is 25.8 Å². The SMILES string of the molecule is Cc1ncncc1C(=O)N1CCC[C@@]2(CCC(=O)N(CCO)C2)C1. The van der Waals surface area contributed by atoms with Crippen molar-refractivity contribution in [2.75, 3.05) is 32.8 Å². The molecule has 0 aliphatic carbocycles. The Balaban J connectivity index is 1.75. The molecule has 3 heterocycles. The molecule has 2 fully saturated rings. The Morgan fingerprint density at radius 1 is 1.38 bits per heavy atom. The summed E-state index contributed by atoms with van der Waals surface area (Å²) in [7, 11) is 0. The number of nitrogens with zero attached hydrogens (tertiary/aromatic N) is 4. The van der Waals surface area contributed by atoms with E-state index in [1.165, 1.54) is 6.33 Å². The average molecular weight is 332 g/mol. The summed E-state index contributed by atoms with van der Waals surface area (Å²) in [6.45, 7) is 4.17. The number of aliphatic hydroxyl groups excluding tert-OH is 1. The molecule has 7 nitrogen and oxygen atoms in total. The van der Waals surface area contributed by atoms with Gasteiger partial charge in [-0.2, -0.15) is 0 Å². The van der Waals surface area contributed by atoms with E-state index in [1.807, 2.05) is 11.8 Å². The fraction of sp³-hybridized carbons (Fsp3) is 0.647. The van der Waals surface area contributed by atoms with E-state index in [4.69, 9.17) is 0 Å². The maximum atomic E-state index is 12.8. The Morgan fingerprint density at radius 3 is 2.96 bits per heavy atom. The topological polar surface area (TPSA) is 86.6 Å². The van der Waals surface area contributed by atoms with Crippen LogP contribution in [0.25, 0.3) is 0 Å². The Kier molecular flexibility index (Phi) is 4.80. The molecule has 2 aliphatic heterocycles. The van der Waals surface area contributed by atoms with Gasteiger partial charge in [0.1, 0.15) is 6.33 Å². The molecule has 1 spiro atoms. The fourth-order valence-corrected chi connectivity index (χ4v) is 3.91. The zero-order chi connectivity index (χ0) is 17.2. The summed E-state index contributed by atoms with van der Waals surface area (Å²) in [4.78, 5) is 36.6. The van der Waals surface area contributed by atoms with Crippen LogP contribution in [0, 0.1) is 12.3 Å². The van der Waals surface area contributed by atoms with E-state index in [0.29, 0.717) is 37.3 Å². The summed E-state index contributed by atoms with van der Waals surface area (Å²) in [5.41, 5.74) is 1.18. The number of rotatable bonds is 3. The molecule has 1 aromatic heterocycles. The first-order valence-corrected chi connectivity index (χ1v) is 8.49. The second kappa shape index (κ2) is 6.84. The van der Waals surface area contributed by atoms with Gasteiger partial charge in [0.05, 0.1) is 17.9 Å². The van der Waals surface area contributed by atoms with Gasteiger partial charge >= 0.3 is 0 Å². The molecule has 0 radical (unpaired) electrons. The van der Waals surface area contributed by atoms with Gasteiger partial charge < -0.3 is 14.9 Å². The summed E-state index contributed by atoms with van der Waals surface area (Å²) in [6, 6.07) is 0. The number of piperidine rings is 2. The molecule has 2 saturated heterocycles. The summed E-state index contributed by atoms with van der Waals surface area (Å²) in [6.07, 6.45) is 6.27. The molecular formula is C17H24N4O3. The highest BCUT2D eigenvalue weighted by molar-refractivity contribution is 5.95. The number of carbonyl (C=O) groups excluding carboxylic acids is 2. The number of aryl methyl sites for hydroxylation is 1. The molecule has 130 valence electrons. The van der Waals surface area contributed by atoms with Crippen LogP contribution in [0.2, 0.25) is 0 Å². The first-order valence-electron chi connectivity index (χ1n) is 8.49. The number of aliphatic hydroxyl groups is 1. The third kappa shape index (κ3) is 3.26. The quantitative estimate of drug-likeness (QED) is 0.877. The van der Waals surface area contributed by atoms with Crippen molar-refractivity contribution in [1.82, 2.24) is 19.8 Å². The molecule has 2 amide bonds. The van der Waals surface area contributed by atoms with Gasteiger partial charge in [0.25, 0.3) is 5.91 Å². The van der Waals surface area contributed by atoms with E-state index in [1.54, 1.807) is 11.1 Å². The average Bonchev–Trinajstić information content (AvgIpc) is 2.59. The van der Waals surface area contributed by atoms with Crippen molar-refractivity contribution in [3.8, 4) is 0 Å². The number of amides is 2. The molecule has 0 bridgehead atoms. The van der Waals surface area contributed by atoms with Crippen LogP contribution < -0.4 is 0 Å². The number of likely N-dealkylation sites (tertiary alicyclic amines) is 2. The number of hydrogen-bond donors (Lipinski definition) is 1. The van der Waals surface area contributed by atoms with Crippen molar-refractivity contribution >= 4 is 11.8 Å². The van der Waals surface area contributed by atoms with Crippen molar-refractivity contribution in [3.63, 3.8) is 0 Å². The minimum absolute atomic E-state index is 0.0228. The van der Waals surface area contributed by atoms with Gasteiger partial charge in [0.15, 0.2) is 0 Å². The second-order valence-corrected chi connectivity index (χ2v) is 6.89. The van der Waals surface area contributed by atoms with E-state index in [9.17, 15) is 14.7 Å². The lowest BCUT2D eigenvalue weighted by Crippen LogP contribution is -2.55. The van der Waals surface area contributed by atoms with Crippen molar-refractivity contribution < 1.29 is 14.7 Å². The second-order valence-electron chi connectivity index (χ2n) is 6.89. The molecule has 1 aromatic rings. The monoisotopic (exact) mass is 332 g/mol. The molecule has 0 aromatic carbocycles. The Morgan fingerprint density at radius 2 is 2.21 bits per heavy atom. The van der Waals surface area contributed by atoms with Crippen LogP contribution in [0.5, 0.6) is 0 Å². The van der Waals surface area contributed by atoms with Crippen LogP contribution >= 0.6 is 0 Å². The molecule has 3 rings (SSSR count). The first-order chi connectivity index (χ1) is 11.5. The number of hydrogen-bond acceptors (Lipinski definition) is 5. The van der Waals surface area contributed by atoms with Gasteiger partial charge in [0, 0.05) is 44.2 Å². The fourth-order valence-electron chi connectivity index (χ4n) is 3.91. The van der Waals surface area contributed by atoms with Crippen molar-refractivity contribution in [2.45, 2.75) is 32.6 Å². The van der Waals surface area contributed by atoms with Crippen LogP contribution in [-0.2, 0) is 4.79 Å². The number of aromatic nitrogens is 2. The minimum Gasteiger partial charge on any atom is -0.395 e. The van der Waals surface area contributed by atoms with Gasteiger partial charge in [-0.1, -0.05) is 0 Å². The lowest BCUT2D eigenvalue weighted by Gasteiger charge is -2.48. The van der Waals surface area contributed by atoms with E-state index in [2.05, 4.69) is 9.97 Å². The van der Waals surface area contributed by atoms with Crippen LogP contribution in [0.1, 0.15) is 41.7 Å². The Labute approximate surface area is 141 Å². The lowest BCUT2D eigenvalue weighted by molar-refractivity contribution is -0.139. The van der Waals surface area contributed by atoms with Crippen LogP contribution in [0.3, 0.4) is 0 Å². The van der Waals surface area contributed by atoms with E-state index < -0.39 is 0 Å². The third-order valence-corrected chi connectivity index (χ3v) is 5.21.